The van der Waals surface area contributed by atoms with Gasteiger partial charge < -0.3 is 14.6 Å². The second kappa shape index (κ2) is 8.84. The predicted octanol–water partition coefficient (Wildman–Crippen LogP) is 4.61. The summed E-state index contributed by atoms with van der Waals surface area (Å²) >= 11 is 6.02. The molecule has 0 bridgehead atoms. The van der Waals surface area contributed by atoms with Crippen molar-refractivity contribution >= 4 is 34.1 Å². The number of carbonyl (C=O) groups is 1. The van der Waals surface area contributed by atoms with Gasteiger partial charge in [0.05, 0.1) is 12.5 Å². The van der Waals surface area contributed by atoms with E-state index in [0.717, 1.165) is 5.56 Å². The fraction of sp³-hybridized carbons (Fsp3) is 0.217. The maximum Gasteiger partial charge on any atom is 0.297 e. The summed E-state index contributed by atoms with van der Waals surface area (Å²) in [6.07, 6.45) is 0.337. The molecule has 4 rings (SSSR count). The molecule has 1 N–H and O–H groups in total. The first-order chi connectivity index (χ1) is 15.4. The van der Waals surface area contributed by atoms with Gasteiger partial charge in [0.15, 0.2) is 5.52 Å². The molecular formula is C23H21ClN4O4. The van der Waals surface area contributed by atoms with Gasteiger partial charge in [0.2, 0.25) is 5.91 Å². The molecule has 2 aromatic carbocycles. The Morgan fingerprint density at radius 1 is 1.25 bits per heavy atom. The van der Waals surface area contributed by atoms with Crippen LogP contribution in [-0.4, -0.2) is 28.0 Å². The number of ether oxygens (including phenoxy) is 1. The van der Waals surface area contributed by atoms with Crippen molar-refractivity contribution in [1.82, 2.24) is 14.9 Å². The number of rotatable bonds is 6. The van der Waals surface area contributed by atoms with E-state index < -0.39 is 11.6 Å². The molecule has 1 unspecified atom stereocenters. The Labute approximate surface area is 188 Å². The number of nitrogens with one attached hydrogen (secondary N) is 1. The van der Waals surface area contributed by atoms with Crippen molar-refractivity contribution in [3.63, 3.8) is 0 Å². The Kier molecular flexibility index (Phi) is 5.96. The van der Waals surface area contributed by atoms with E-state index in [4.69, 9.17) is 20.9 Å². The van der Waals surface area contributed by atoms with Crippen molar-refractivity contribution in [3.8, 4) is 17.0 Å². The lowest BCUT2D eigenvalue weighted by atomic mass is 10.1. The zero-order chi connectivity index (χ0) is 22.8. The Bertz CT molecular complexity index is 1340. The van der Waals surface area contributed by atoms with Crippen LogP contribution in [0, 0.1) is 6.92 Å². The fourth-order valence-electron chi connectivity index (χ4n) is 3.53. The number of hydrogen-bond donors (Lipinski definition) is 1. The van der Waals surface area contributed by atoms with E-state index in [0.29, 0.717) is 39.7 Å². The summed E-state index contributed by atoms with van der Waals surface area (Å²) in [5, 5.41) is 12.3. The van der Waals surface area contributed by atoms with Crippen molar-refractivity contribution in [2.24, 2.45) is 0 Å². The molecule has 1 amide bonds. The number of hydrogen-bond acceptors (Lipinski definition) is 6. The SMILES string of the molecule is CCC(C(=O)Nc1cccc(Cl)c1)n1nc(-c2ccc(OC)cc2)c2c(C)onc2c1=O. The first kappa shape index (κ1) is 21.6. The third-order valence-corrected chi connectivity index (χ3v) is 5.39. The molecule has 9 heteroatoms. The van der Waals surface area contributed by atoms with Crippen LogP contribution < -0.4 is 15.6 Å². The van der Waals surface area contributed by atoms with Crippen LogP contribution in [0.25, 0.3) is 22.2 Å². The number of fused-ring (bicyclic) bond motifs is 1. The second-order valence-electron chi connectivity index (χ2n) is 7.21. The van der Waals surface area contributed by atoms with Crippen molar-refractivity contribution in [1.29, 1.82) is 0 Å². The van der Waals surface area contributed by atoms with Crippen molar-refractivity contribution in [2.75, 3.05) is 12.4 Å². The number of aryl methyl sites for hydroxylation is 1. The highest BCUT2D eigenvalue weighted by molar-refractivity contribution is 6.30. The number of carbonyl (C=O) groups excluding carboxylic acids is 1. The lowest BCUT2D eigenvalue weighted by molar-refractivity contribution is -0.119. The maximum absolute atomic E-state index is 13.2. The van der Waals surface area contributed by atoms with Crippen LogP contribution in [0.5, 0.6) is 5.75 Å². The zero-order valence-corrected chi connectivity index (χ0v) is 18.5. The molecule has 0 aliphatic rings. The van der Waals surface area contributed by atoms with Gasteiger partial charge in [-0.05, 0) is 55.8 Å². The van der Waals surface area contributed by atoms with Gasteiger partial charge in [0.1, 0.15) is 23.2 Å². The van der Waals surface area contributed by atoms with E-state index in [1.807, 2.05) is 19.1 Å². The zero-order valence-electron chi connectivity index (χ0n) is 17.8. The number of nitrogens with zero attached hydrogens (tertiary/aromatic N) is 3. The molecule has 0 radical (unpaired) electrons. The topological polar surface area (TPSA) is 99.2 Å². The van der Waals surface area contributed by atoms with Crippen LogP contribution in [0.3, 0.4) is 0 Å². The number of methoxy groups -OCH3 is 1. The van der Waals surface area contributed by atoms with Gasteiger partial charge in [-0.3, -0.25) is 9.59 Å². The summed E-state index contributed by atoms with van der Waals surface area (Å²) in [7, 11) is 1.58. The van der Waals surface area contributed by atoms with Crippen molar-refractivity contribution < 1.29 is 14.1 Å². The first-order valence-corrected chi connectivity index (χ1v) is 10.4. The molecule has 0 spiro atoms. The minimum absolute atomic E-state index is 0.123. The highest BCUT2D eigenvalue weighted by Crippen LogP contribution is 2.29. The van der Waals surface area contributed by atoms with Gasteiger partial charge in [-0.15, -0.1) is 0 Å². The van der Waals surface area contributed by atoms with Gasteiger partial charge in [-0.2, -0.15) is 5.10 Å². The van der Waals surface area contributed by atoms with Crippen LogP contribution in [0.2, 0.25) is 5.02 Å². The quantitative estimate of drug-likeness (QED) is 0.458. The van der Waals surface area contributed by atoms with E-state index in [1.54, 1.807) is 50.4 Å². The fourth-order valence-corrected chi connectivity index (χ4v) is 3.72. The summed E-state index contributed by atoms with van der Waals surface area (Å²) < 4.78 is 11.7. The predicted molar refractivity (Wildman–Crippen MR) is 122 cm³/mol. The summed E-state index contributed by atoms with van der Waals surface area (Å²) in [5.41, 5.74) is 1.39. The van der Waals surface area contributed by atoms with Crippen LogP contribution in [0.4, 0.5) is 5.69 Å². The molecule has 2 heterocycles. The minimum Gasteiger partial charge on any atom is -0.497 e. The van der Waals surface area contributed by atoms with Crippen molar-refractivity contribution in [2.45, 2.75) is 26.3 Å². The van der Waals surface area contributed by atoms with Gasteiger partial charge in [0.25, 0.3) is 5.56 Å². The molecule has 0 saturated heterocycles. The van der Waals surface area contributed by atoms with Crippen LogP contribution in [-0.2, 0) is 4.79 Å². The van der Waals surface area contributed by atoms with Gasteiger partial charge >= 0.3 is 0 Å². The average molecular weight is 453 g/mol. The standard InChI is InChI=1S/C23H21ClN4O4/c1-4-18(22(29)25-16-7-5-6-15(24)12-16)28-23(30)21-19(13(2)32-27-21)20(26-28)14-8-10-17(31-3)11-9-14/h5-12,18H,4H2,1-3H3,(H,25,29). The number of anilines is 1. The van der Waals surface area contributed by atoms with E-state index in [1.165, 1.54) is 4.68 Å². The molecule has 0 aliphatic carbocycles. The summed E-state index contributed by atoms with van der Waals surface area (Å²) in [6.45, 7) is 3.53. The Morgan fingerprint density at radius 3 is 2.66 bits per heavy atom. The molecule has 4 aromatic rings. The van der Waals surface area contributed by atoms with E-state index in [2.05, 4.69) is 15.6 Å². The summed E-state index contributed by atoms with van der Waals surface area (Å²) in [6, 6.07) is 13.2. The molecule has 1 atom stereocenters. The highest BCUT2D eigenvalue weighted by atomic mass is 35.5. The van der Waals surface area contributed by atoms with E-state index >= 15 is 0 Å². The molecular weight excluding hydrogens is 432 g/mol. The Balaban J connectivity index is 1.83. The van der Waals surface area contributed by atoms with Gasteiger partial charge in [0, 0.05) is 16.3 Å². The van der Waals surface area contributed by atoms with Crippen molar-refractivity contribution in [3.05, 3.63) is 69.7 Å². The van der Waals surface area contributed by atoms with Crippen LogP contribution in [0.15, 0.2) is 57.8 Å². The number of aromatic nitrogens is 3. The lowest BCUT2D eigenvalue weighted by Crippen LogP contribution is -2.35. The molecule has 0 aliphatic heterocycles. The van der Waals surface area contributed by atoms with Gasteiger partial charge in [-0.1, -0.05) is 29.7 Å². The maximum atomic E-state index is 13.2. The molecule has 32 heavy (non-hydrogen) atoms. The molecule has 0 fully saturated rings. The third kappa shape index (κ3) is 3.97. The van der Waals surface area contributed by atoms with E-state index in [9.17, 15) is 9.59 Å². The summed E-state index contributed by atoms with van der Waals surface area (Å²) in [4.78, 5) is 26.3. The number of amides is 1. The molecule has 8 nitrogen and oxygen atoms in total. The highest BCUT2D eigenvalue weighted by Gasteiger charge is 2.26. The first-order valence-electron chi connectivity index (χ1n) is 10.0. The largest absolute Gasteiger partial charge is 0.497 e. The van der Waals surface area contributed by atoms with E-state index in [-0.39, 0.29) is 11.4 Å². The molecule has 0 saturated carbocycles. The second-order valence-corrected chi connectivity index (χ2v) is 7.65. The number of benzene rings is 2. The van der Waals surface area contributed by atoms with Gasteiger partial charge in [-0.25, -0.2) is 4.68 Å². The normalized spacial score (nSPS) is 12.0. The molecule has 164 valence electrons. The monoisotopic (exact) mass is 452 g/mol. The average Bonchev–Trinajstić information content (AvgIpc) is 3.18. The van der Waals surface area contributed by atoms with Crippen LogP contribution in [0.1, 0.15) is 25.1 Å². The lowest BCUT2D eigenvalue weighted by Gasteiger charge is -2.18. The number of halogens is 1. The summed E-state index contributed by atoms with van der Waals surface area (Å²) in [5.74, 6) is 0.774. The van der Waals surface area contributed by atoms with Crippen LogP contribution >= 0.6 is 11.6 Å². The third-order valence-electron chi connectivity index (χ3n) is 5.16. The Morgan fingerprint density at radius 2 is 2.00 bits per heavy atom. The molecule has 2 aromatic heterocycles. The Hall–Kier alpha value is -3.65. The minimum atomic E-state index is -0.861. The smallest absolute Gasteiger partial charge is 0.297 e.